The lowest BCUT2D eigenvalue weighted by Gasteiger charge is -2.49. The summed E-state index contributed by atoms with van der Waals surface area (Å²) in [6, 6.07) is 6.97. The van der Waals surface area contributed by atoms with Gasteiger partial charge in [0.05, 0.1) is 6.61 Å². The maximum atomic E-state index is 12.5. The Morgan fingerprint density at radius 1 is 1.18 bits per heavy atom. The Balaban J connectivity index is 2.24. The average Bonchev–Trinajstić information content (AvgIpc) is 2.66. The van der Waals surface area contributed by atoms with E-state index in [1.807, 2.05) is 6.07 Å². The van der Waals surface area contributed by atoms with E-state index in [0.717, 1.165) is 6.42 Å². The molecule has 4 heteroatoms. The van der Waals surface area contributed by atoms with E-state index in [1.165, 1.54) is 26.2 Å². The molecule has 0 N–H and O–H groups in total. The fourth-order valence-electron chi connectivity index (χ4n) is 4.55. The van der Waals surface area contributed by atoms with Crippen molar-refractivity contribution in [3.05, 3.63) is 42.0 Å². The summed E-state index contributed by atoms with van der Waals surface area (Å²) in [6.45, 7) is 14.7. The first-order valence-electron chi connectivity index (χ1n) is 10.3. The minimum atomic E-state index is -0.717. The lowest BCUT2D eigenvalue weighted by atomic mass is 9.58. The molecule has 0 bridgehead atoms. The summed E-state index contributed by atoms with van der Waals surface area (Å²) in [5, 5.41) is 0. The van der Waals surface area contributed by atoms with Gasteiger partial charge in [-0.1, -0.05) is 59.2 Å². The molecule has 1 aromatic rings. The van der Waals surface area contributed by atoms with Gasteiger partial charge in [-0.15, -0.1) is 0 Å². The zero-order chi connectivity index (χ0) is 20.9. The van der Waals surface area contributed by atoms with Crippen LogP contribution in [0.2, 0.25) is 0 Å². The number of benzene rings is 1. The van der Waals surface area contributed by atoms with Crippen molar-refractivity contribution >= 4 is 11.9 Å². The molecular formula is C24H34O4. The van der Waals surface area contributed by atoms with Crippen molar-refractivity contribution in [2.45, 2.75) is 60.3 Å². The summed E-state index contributed by atoms with van der Waals surface area (Å²) in [5.41, 5.74) is 0.539. The number of carbonyl (C=O) groups is 2. The number of carbonyl (C=O) groups excluding carboxylic acids is 2. The van der Waals surface area contributed by atoms with Gasteiger partial charge in [-0.3, -0.25) is 0 Å². The van der Waals surface area contributed by atoms with E-state index in [4.69, 9.17) is 9.47 Å². The van der Waals surface area contributed by atoms with Gasteiger partial charge in [-0.25, -0.2) is 9.59 Å². The van der Waals surface area contributed by atoms with Crippen molar-refractivity contribution in [3.8, 4) is 5.75 Å². The van der Waals surface area contributed by atoms with Gasteiger partial charge in [0.25, 0.3) is 0 Å². The lowest BCUT2D eigenvalue weighted by Crippen LogP contribution is -2.45. The molecule has 1 aromatic carbocycles. The molecule has 0 aliphatic heterocycles. The topological polar surface area (TPSA) is 52.6 Å². The number of hydrogen-bond donors (Lipinski definition) is 0. The molecule has 2 rings (SSSR count). The predicted octanol–water partition coefficient (Wildman–Crippen LogP) is 5.81. The van der Waals surface area contributed by atoms with Crippen molar-refractivity contribution < 1.29 is 19.1 Å². The third-order valence-electron chi connectivity index (χ3n) is 6.24. The van der Waals surface area contributed by atoms with Crippen LogP contribution in [-0.2, 0) is 9.53 Å². The number of rotatable bonds is 7. The first-order valence-corrected chi connectivity index (χ1v) is 10.3. The van der Waals surface area contributed by atoms with Crippen molar-refractivity contribution in [1.29, 1.82) is 0 Å². The summed E-state index contributed by atoms with van der Waals surface area (Å²) >= 11 is 0. The second-order valence-electron chi connectivity index (χ2n) is 8.73. The quantitative estimate of drug-likeness (QED) is 0.337. The third kappa shape index (κ3) is 4.84. The predicted molar refractivity (Wildman–Crippen MR) is 111 cm³/mol. The zero-order valence-corrected chi connectivity index (χ0v) is 17.9. The fraction of sp³-hybridized carbons (Fsp3) is 0.583. The molecule has 1 fully saturated rings. The van der Waals surface area contributed by atoms with Gasteiger partial charge >= 0.3 is 11.9 Å². The van der Waals surface area contributed by atoms with Crippen LogP contribution in [0.3, 0.4) is 0 Å². The van der Waals surface area contributed by atoms with Crippen LogP contribution in [0.1, 0.15) is 70.7 Å². The van der Waals surface area contributed by atoms with Crippen LogP contribution in [0.25, 0.3) is 0 Å². The van der Waals surface area contributed by atoms with E-state index in [2.05, 4.69) is 34.3 Å². The highest BCUT2D eigenvalue weighted by molar-refractivity contribution is 6.03. The summed E-state index contributed by atoms with van der Waals surface area (Å²) in [6.07, 6.45) is 4.83. The molecule has 0 amide bonds. The zero-order valence-electron chi connectivity index (χ0n) is 17.9. The summed E-state index contributed by atoms with van der Waals surface area (Å²) < 4.78 is 11.2. The Morgan fingerprint density at radius 2 is 1.86 bits per heavy atom. The van der Waals surface area contributed by atoms with E-state index in [-0.39, 0.29) is 16.6 Å². The lowest BCUT2D eigenvalue weighted by molar-refractivity contribution is -0.133. The van der Waals surface area contributed by atoms with Crippen LogP contribution in [0.4, 0.5) is 0 Å². The highest BCUT2D eigenvalue weighted by atomic mass is 16.6. The number of ether oxygens (including phenoxy) is 2. The van der Waals surface area contributed by atoms with Crippen LogP contribution in [0, 0.1) is 23.2 Å². The van der Waals surface area contributed by atoms with Crippen LogP contribution in [-0.4, -0.2) is 18.5 Å². The highest BCUT2D eigenvalue weighted by Gasteiger charge is 2.45. The Kier molecular flexibility index (Phi) is 7.45. The molecule has 0 radical (unpaired) electrons. The molecule has 0 heterocycles. The second kappa shape index (κ2) is 9.40. The summed E-state index contributed by atoms with van der Waals surface area (Å²) in [5.74, 6) is 0.696. The Bertz CT molecular complexity index is 719. The van der Waals surface area contributed by atoms with E-state index in [1.54, 1.807) is 18.2 Å². The van der Waals surface area contributed by atoms with E-state index in [0.29, 0.717) is 30.1 Å². The second-order valence-corrected chi connectivity index (χ2v) is 8.73. The molecule has 0 aromatic heterocycles. The first-order chi connectivity index (χ1) is 13.2. The molecule has 1 saturated carbocycles. The van der Waals surface area contributed by atoms with Gasteiger partial charge in [-0.05, 0) is 49.7 Å². The summed E-state index contributed by atoms with van der Waals surface area (Å²) in [7, 11) is 0. The monoisotopic (exact) mass is 386 g/mol. The normalized spacial score (nSPS) is 22.2. The smallest absolute Gasteiger partial charge is 0.349 e. The molecule has 4 nitrogen and oxygen atoms in total. The molecule has 0 spiro atoms. The van der Waals surface area contributed by atoms with Gasteiger partial charge in [0, 0.05) is 11.0 Å². The van der Waals surface area contributed by atoms with Crippen molar-refractivity contribution in [2.24, 2.45) is 23.2 Å². The number of esters is 2. The van der Waals surface area contributed by atoms with Crippen molar-refractivity contribution in [3.63, 3.8) is 0 Å². The standard InChI is InChI=1S/C24H34O4/c1-16(2)20-12-9-10-14-24(20,18(5)6)15-27-21-13-8-7-11-19(21)23(26)28-22(25)17(3)4/h7-8,11,13,16,18,20H,3,9-10,12,14-15H2,1-2,4-6H3. The van der Waals surface area contributed by atoms with Gasteiger partial charge < -0.3 is 9.47 Å². The Labute approximate surface area is 169 Å². The van der Waals surface area contributed by atoms with E-state index >= 15 is 0 Å². The fourth-order valence-corrected chi connectivity index (χ4v) is 4.55. The third-order valence-corrected chi connectivity index (χ3v) is 6.24. The maximum Gasteiger partial charge on any atom is 0.349 e. The number of para-hydroxylation sites is 1. The van der Waals surface area contributed by atoms with Crippen LogP contribution in [0.15, 0.2) is 36.4 Å². The van der Waals surface area contributed by atoms with Crippen LogP contribution in [0.5, 0.6) is 5.75 Å². The van der Waals surface area contributed by atoms with E-state index < -0.39 is 11.9 Å². The molecule has 1 aliphatic rings. The van der Waals surface area contributed by atoms with Gasteiger partial charge in [0.15, 0.2) is 0 Å². The molecule has 28 heavy (non-hydrogen) atoms. The van der Waals surface area contributed by atoms with Crippen LogP contribution >= 0.6 is 0 Å². The first kappa shape index (κ1) is 22.2. The minimum Gasteiger partial charge on any atom is -0.492 e. The molecule has 1 aliphatic carbocycles. The van der Waals surface area contributed by atoms with Crippen molar-refractivity contribution in [2.75, 3.05) is 6.61 Å². The summed E-state index contributed by atoms with van der Waals surface area (Å²) in [4.78, 5) is 24.2. The SMILES string of the molecule is C=C(C)C(=O)OC(=O)c1ccccc1OCC1(C(C)C)CCCCC1C(C)C. The molecule has 2 atom stereocenters. The van der Waals surface area contributed by atoms with Gasteiger partial charge in [0.2, 0.25) is 0 Å². The number of hydrogen-bond acceptors (Lipinski definition) is 4. The molecule has 154 valence electrons. The molecular weight excluding hydrogens is 352 g/mol. The largest absolute Gasteiger partial charge is 0.492 e. The minimum absolute atomic E-state index is 0.0803. The Hall–Kier alpha value is -2.10. The van der Waals surface area contributed by atoms with Gasteiger partial charge in [-0.2, -0.15) is 0 Å². The van der Waals surface area contributed by atoms with E-state index in [9.17, 15) is 9.59 Å². The average molecular weight is 387 g/mol. The Morgan fingerprint density at radius 3 is 2.46 bits per heavy atom. The highest BCUT2D eigenvalue weighted by Crippen LogP contribution is 2.50. The molecule has 0 saturated heterocycles. The van der Waals surface area contributed by atoms with Gasteiger partial charge in [0.1, 0.15) is 11.3 Å². The maximum absolute atomic E-state index is 12.5. The molecule has 2 unspecified atom stereocenters. The van der Waals surface area contributed by atoms with Crippen molar-refractivity contribution in [1.82, 2.24) is 0 Å². The van der Waals surface area contributed by atoms with Crippen LogP contribution < -0.4 is 4.74 Å².